The number of hydrogen-bond acceptors (Lipinski definition) is 5. The van der Waals surface area contributed by atoms with Crippen molar-refractivity contribution in [2.45, 2.75) is 0 Å². The number of nitriles is 1. The van der Waals surface area contributed by atoms with E-state index >= 15 is 0 Å². The molecular weight excluding hydrogens is 318 g/mol. The van der Waals surface area contributed by atoms with E-state index in [0.29, 0.717) is 28.4 Å². The Kier molecular flexibility index (Phi) is 2.64. The molecule has 0 saturated heterocycles. The van der Waals surface area contributed by atoms with E-state index in [9.17, 15) is 5.26 Å². The van der Waals surface area contributed by atoms with Crippen molar-refractivity contribution >= 4 is 22.1 Å². The van der Waals surface area contributed by atoms with Crippen molar-refractivity contribution < 1.29 is 9.47 Å². The molecule has 4 aromatic rings. The fourth-order valence-electron chi connectivity index (χ4n) is 3.13. The van der Waals surface area contributed by atoms with Crippen molar-refractivity contribution in [3.05, 3.63) is 53.6 Å². The van der Waals surface area contributed by atoms with E-state index in [-0.39, 0.29) is 18.0 Å². The number of fused-ring (bicyclic) bond motifs is 4. The van der Waals surface area contributed by atoms with Crippen LogP contribution in [0.2, 0.25) is 0 Å². The van der Waals surface area contributed by atoms with Gasteiger partial charge in [-0.3, -0.25) is 9.98 Å². The average Bonchev–Trinajstić information content (AvgIpc) is 3.24. The molecule has 2 aromatic heterocycles. The summed E-state index contributed by atoms with van der Waals surface area (Å²) < 4.78 is 12.5. The molecule has 0 radical (unpaired) electrons. The van der Waals surface area contributed by atoms with Gasteiger partial charge in [-0.15, -0.1) is 0 Å². The molecule has 0 spiro atoms. The Labute approximate surface area is 141 Å². The quantitative estimate of drug-likeness (QED) is 0.560. The Bertz CT molecular complexity index is 1260. The Morgan fingerprint density at radius 2 is 2.00 bits per heavy atom. The van der Waals surface area contributed by atoms with Crippen LogP contribution < -0.4 is 15.0 Å². The fourth-order valence-corrected chi connectivity index (χ4v) is 3.13. The molecule has 120 valence electrons. The van der Waals surface area contributed by atoms with E-state index in [4.69, 9.17) is 14.9 Å². The number of benzene rings is 2. The minimum atomic E-state index is 0.0143. The number of aromatic amines is 1. The molecule has 0 fully saturated rings. The number of H-pyrrole nitrogens is 1. The van der Waals surface area contributed by atoms with Gasteiger partial charge in [0.25, 0.3) is 0 Å². The highest BCUT2D eigenvalue weighted by Crippen LogP contribution is 2.34. The SMILES string of the molecule is N#Cc1nc2c3ccccc3[nH]c2n(-c2ccc3c(c2)OCO3)c1=N. The van der Waals surface area contributed by atoms with Gasteiger partial charge in [-0.1, -0.05) is 18.2 Å². The van der Waals surface area contributed by atoms with E-state index in [1.54, 1.807) is 16.7 Å². The summed E-state index contributed by atoms with van der Waals surface area (Å²) in [5, 5.41) is 18.7. The molecule has 0 unspecified atom stereocenters. The highest BCUT2D eigenvalue weighted by Gasteiger charge is 2.18. The maximum atomic E-state index is 9.41. The van der Waals surface area contributed by atoms with Gasteiger partial charge in [-0.2, -0.15) is 5.26 Å². The van der Waals surface area contributed by atoms with Gasteiger partial charge in [0.2, 0.25) is 6.79 Å². The largest absolute Gasteiger partial charge is 0.454 e. The number of nitrogens with zero attached hydrogens (tertiary/aromatic N) is 3. The summed E-state index contributed by atoms with van der Waals surface area (Å²) in [6.07, 6.45) is 0. The van der Waals surface area contributed by atoms with Gasteiger partial charge < -0.3 is 14.5 Å². The van der Waals surface area contributed by atoms with Crippen LogP contribution in [0.15, 0.2) is 42.5 Å². The monoisotopic (exact) mass is 329 g/mol. The van der Waals surface area contributed by atoms with Crippen LogP contribution in [-0.2, 0) is 0 Å². The molecule has 7 heteroatoms. The van der Waals surface area contributed by atoms with Crippen molar-refractivity contribution in [3.63, 3.8) is 0 Å². The van der Waals surface area contributed by atoms with Crippen LogP contribution in [0, 0.1) is 16.7 Å². The normalized spacial score (nSPS) is 12.6. The topological polar surface area (TPSA) is 99.7 Å². The molecule has 1 aliphatic heterocycles. The zero-order chi connectivity index (χ0) is 17.0. The first kappa shape index (κ1) is 13.6. The predicted molar refractivity (Wildman–Crippen MR) is 89.6 cm³/mol. The third-order valence-corrected chi connectivity index (χ3v) is 4.27. The van der Waals surface area contributed by atoms with E-state index in [0.717, 1.165) is 10.9 Å². The first-order valence-corrected chi connectivity index (χ1v) is 7.64. The maximum Gasteiger partial charge on any atom is 0.231 e. The number of rotatable bonds is 1. The summed E-state index contributed by atoms with van der Waals surface area (Å²) in [6.45, 7) is 0.179. The van der Waals surface area contributed by atoms with Gasteiger partial charge in [0.05, 0.1) is 5.69 Å². The van der Waals surface area contributed by atoms with Crippen molar-refractivity contribution in [1.29, 1.82) is 10.7 Å². The number of ether oxygens (including phenoxy) is 2. The minimum Gasteiger partial charge on any atom is -0.454 e. The summed E-state index contributed by atoms with van der Waals surface area (Å²) in [6, 6.07) is 15.2. The van der Waals surface area contributed by atoms with Gasteiger partial charge in [0.15, 0.2) is 22.7 Å². The first-order chi connectivity index (χ1) is 12.3. The number of nitrogens with one attached hydrogen (secondary N) is 2. The average molecular weight is 329 g/mol. The van der Waals surface area contributed by atoms with Crippen LogP contribution >= 0.6 is 0 Å². The highest BCUT2D eigenvalue weighted by molar-refractivity contribution is 6.04. The van der Waals surface area contributed by atoms with E-state index in [1.165, 1.54) is 0 Å². The van der Waals surface area contributed by atoms with Crippen molar-refractivity contribution in [3.8, 4) is 23.3 Å². The second-order valence-electron chi connectivity index (χ2n) is 5.66. The molecule has 1 aliphatic rings. The van der Waals surface area contributed by atoms with Crippen molar-refractivity contribution in [2.24, 2.45) is 0 Å². The van der Waals surface area contributed by atoms with Gasteiger partial charge in [-0.25, -0.2) is 4.98 Å². The van der Waals surface area contributed by atoms with Gasteiger partial charge in [0, 0.05) is 17.0 Å². The second-order valence-corrected chi connectivity index (χ2v) is 5.66. The van der Waals surface area contributed by atoms with Crippen LogP contribution in [0.4, 0.5) is 0 Å². The minimum absolute atomic E-state index is 0.0143. The lowest BCUT2D eigenvalue weighted by Gasteiger charge is -2.10. The van der Waals surface area contributed by atoms with Crippen LogP contribution in [0.25, 0.3) is 27.8 Å². The predicted octanol–water partition coefficient (Wildman–Crippen LogP) is 2.59. The highest BCUT2D eigenvalue weighted by atomic mass is 16.7. The molecule has 0 aliphatic carbocycles. The van der Waals surface area contributed by atoms with E-state index in [2.05, 4.69) is 9.97 Å². The van der Waals surface area contributed by atoms with Crippen LogP contribution in [0.5, 0.6) is 11.5 Å². The first-order valence-electron chi connectivity index (χ1n) is 7.64. The van der Waals surface area contributed by atoms with Crippen LogP contribution in [0.3, 0.4) is 0 Å². The third kappa shape index (κ3) is 1.85. The standard InChI is InChI=1S/C18H11N5O2/c19-8-13-17(20)23(10-5-6-14-15(7-10)25-9-24-14)18-16(21-13)11-3-1-2-4-12(11)22-18/h1-7,20,22H,9H2. The molecule has 25 heavy (non-hydrogen) atoms. The van der Waals surface area contributed by atoms with Gasteiger partial charge >= 0.3 is 0 Å². The summed E-state index contributed by atoms with van der Waals surface area (Å²) in [5.74, 6) is 1.28. The third-order valence-electron chi connectivity index (χ3n) is 4.27. The Hall–Kier alpha value is -3.79. The zero-order valence-corrected chi connectivity index (χ0v) is 12.9. The summed E-state index contributed by atoms with van der Waals surface area (Å²) in [4.78, 5) is 7.69. The smallest absolute Gasteiger partial charge is 0.231 e. The molecule has 5 rings (SSSR count). The lowest BCUT2D eigenvalue weighted by Crippen LogP contribution is -2.23. The van der Waals surface area contributed by atoms with E-state index in [1.807, 2.05) is 36.4 Å². The number of aromatic nitrogens is 3. The lowest BCUT2D eigenvalue weighted by molar-refractivity contribution is 0.174. The van der Waals surface area contributed by atoms with Crippen LogP contribution in [-0.4, -0.2) is 21.3 Å². The Morgan fingerprint density at radius 1 is 1.16 bits per heavy atom. The van der Waals surface area contributed by atoms with Crippen molar-refractivity contribution in [1.82, 2.24) is 14.5 Å². The fraction of sp³-hybridized carbons (Fsp3) is 0.0556. The molecule has 7 nitrogen and oxygen atoms in total. The Morgan fingerprint density at radius 3 is 2.88 bits per heavy atom. The molecule has 0 saturated carbocycles. The number of hydrogen-bond donors (Lipinski definition) is 2. The van der Waals surface area contributed by atoms with Crippen LogP contribution in [0.1, 0.15) is 5.69 Å². The molecule has 0 atom stereocenters. The molecule has 3 heterocycles. The second kappa shape index (κ2) is 4.85. The molecule has 2 N–H and O–H groups in total. The van der Waals surface area contributed by atoms with E-state index < -0.39 is 0 Å². The molecule has 0 bridgehead atoms. The molecule has 0 amide bonds. The summed E-state index contributed by atoms with van der Waals surface area (Å²) in [5.41, 5.74) is 2.99. The van der Waals surface area contributed by atoms with Gasteiger partial charge in [0.1, 0.15) is 17.2 Å². The molecular formula is C18H11N5O2. The maximum absolute atomic E-state index is 9.41. The van der Waals surface area contributed by atoms with Gasteiger partial charge in [-0.05, 0) is 18.2 Å². The summed E-state index contributed by atoms with van der Waals surface area (Å²) >= 11 is 0. The Balaban J connectivity index is 1.92. The lowest BCUT2D eigenvalue weighted by atomic mass is 10.2. The zero-order valence-electron chi connectivity index (χ0n) is 12.9. The number of para-hydroxylation sites is 1. The van der Waals surface area contributed by atoms with Crippen molar-refractivity contribution in [2.75, 3.05) is 6.79 Å². The molecule has 2 aromatic carbocycles. The summed E-state index contributed by atoms with van der Waals surface area (Å²) in [7, 11) is 0.